The average Bonchev–Trinajstić information content (AvgIpc) is 3.75. The van der Waals surface area contributed by atoms with Gasteiger partial charge in [-0.3, -0.25) is 14.7 Å². The third-order valence-corrected chi connectivity index (χ3v) is 11.5. The van der Waals surface area contributed by atoms with Gasteiger partial charge in [0.2, 0.25) is 5.91 Å². The molecule has 5 heterocycles. The van der Waals surface area contributed by atoms with E-state index in [1.54, 1.807) is 24.4 Å². The summed E-state index contributed by atoms with van der Waals surface area (Å²) in [6, 6.07) is 14.2. The summed E-state index contributed by atoms with van der Waals surface area (Å²) in [6.07, 6.45) is 2.28. The fourth-order valence-corrected chi connectivity index (χ4v) is 8.62. The van der Waals surface area contributed by atoms with E-state index in [0.717, 1.165) is 53.0 Å². The van der Waals surface area contributed by atoms with Gasteiger partial charge in [0.15, 0.2) is 0 Å². The SMILES string of the molecule is O=C(NCc1cc(-c2ccc(C(F)(F)F)cc2)nc(N2CCN(Cc3cccnc3)CC2)c1)[C@@H]1C=CCN1S(=O)(=O)c1ccc(Cl)s1. The van der Waals surface area contributed by atoms with Crippen molar-refractivity contribution in [2.24, 2.45) is 0 Å². The maximum atomic E-state index is 13.3. The number of carbonyl (C=O) groups excluding carboxylic acids is 1. The van der Waals surface area contributed by atoms with Crippen LogP contribution in [0.1, 0.15) is 16.7 Å². The molecule has 15 heteroatoms. The van der Waals surface area contributed by atoms with Crippen LogP contribution in [0.4, 0.5) is 19.0 Å². The number of hydrogen-bond acceptors (Lipinski definition) is 8. The highest BCUT2D eigenvalue weighted by atomic mass is 35.5. The number of alkyl halides is 3. The van der Waals surface area contributed by atoms with Gasteiger partial charge in [-0.25, -0.2) is 13.4 Å². The summed E-state index contributed by atoms with van der Waals surface area (Å²) in [5.74, 6) is 0.121. The molecule has 246 valence electrons. The monoisotopic (exact) mass is 702 g/mol. The van der Waals surface area contributed by atoms with Crippen LogP contribution in [-0.2, 0) is 34.1 Å². The molecule has 9 nitrogen and oxygen atoms in total. The van der Waals surface area contributed by atoms with E-state index in [9.17, 15) is 26.4 Å². The van der Waals surface area contributed by atoms with Crippen molar-refractivity contribution in [3.8, 4) is 11.3 Å². The second-order valence-corrected chi connectivity index (χ2v) is 15.0. The third-order valence-electron chi connectivity index (χ3n) is 7.97. The lowest BCUT2D eigenvalue weighted by atomic mass is 10.1. The molecule has 1 aromatic carbocycles. The molecule has 1 atom stereocenters. The summed E-state index contributed by atoms with van der Waals surface area (Å²) in [5, 5.41) is 2.84. The Kier molecular flexibility index (Phi) is 9.67. The van der Waals surface area contributed by atoms with Gasteiger partial charge in [-0.15, -0.1) is 11.3 Å². The number of pyridine rings is 2. The third kappa shape index (κ3) is 7.68. The van der Waals surface area contributed by atoms with Crippen molar-refractivity contribution in [2.45, 2.75) is 29.5 Å². The topological polar surface area (TPSA) is 98.7 Å². The van der Waals surface area contributed by atoms with E-state index in [1.807, 2.05) is 24.4 Å². The molecule has 2 aliphatic rings. The number of nitrogens with one attached hydrogen (secondary N) is 1. The van der Waals surface area contributed by atoms with Crippen molar-refractivity contribution >= 4 is 44.7 Å². The van der Waals surface area contributed by atoms with Crippen LogP contribution in [0.15, 0.2) is 89.4 Å². The zero-order chi connectivity index (χ0) is 33.2. The molecule has 4 aromatic rings. The van der Waals surface area contributed by atoms with E-state index in [2.05, 4.69) is 20.1 Å². The van der Waals surface area contributed by atoms with Gasteiger partial charge in [-0.2, -0.15) is 17.5 Å². The van der Waals surface area contributed by atoms with Gasteiger partial charge < -0.3 is 10.2 Å². The highest BCUT2D eigenvalue weighted by molar-refractivity contribution is 7.91. The number of thiophene rings is 1. The van der Waals surface area contributed by atoms with E-state index in [1.165, 1.54) is 24.3 Å². The second kappa shape index (κ2) is 13.7. The number of carbonyl (C=O) groups is 1. The van der Waals surface area contributed by atoms with E-state index in [-0.39, 0.29) is 17.3 Å². The Morgan fingerprint density at radius 3 is 2.45 bits per heavy atom. The molecular formula is C32H30ClF3N6O3S2. The van der Waals surface area contributed by atoms with Crippen molar-refractivity contribution in [3.05, 3.63) is 106 Å². The number of rotatable bonds is 9. The number of hydrogen-bond donors (Lipinski definition) is 1. The van der Waals surface area contributed by atoms with E-state index >= 15 is 0 Å². The zero-order valence-corrected chi connectivity index (χ0v) is 27.3. The molecule has 6 rings (SSSR count). The normalized spacial score (nSPS) is 17.7. The molecule has 1 fully saturated rings. The Morgan fingerprint density at radius 1 is 1.02 bits per heavy atom. The first-order chi connectivity index (χ1) is 22.5. The summed E-state index contributed by atoms with van der Waals surface area (Å²) in [6.45, 7) is 3.72. The highest BCUT2D eigenvalue weighted by Crippen LogP contribution is 2.33. The lowest BCUT2D eigenvalue weighted by Gasteiger charge is -2.35. The van der Waals surface area contributed by atoms with Gasteiger partial charge >= 0.3 is 6.18 Å². The van der Waals surface area contributed by atoms with E-state index in [0.29, 0.717) is 40.1 Å². The molecule has 0 unspecified atom stereocenters. The smallest absolute Gasteiger partial charge is 0.354 e. The van der Waals surface area contributed by atoms with Gasteiger partial charge in [0.05, 0.1) is 15.6 Å². The first-order valence-corrected chi connectivity index (χ1v) is 17.4. The molecule has 0 saturated carbocycles. The van der Waals surface area contributed by atoms with Crippen LogP contribution in [0, 0.1) is 0 Å². The van der Waals surface area contributed by atoms with Crippen molar-refractivity contribution < 1.29 is 26.4 Å². The fourth-order valence-electron chi connectivity index (χ4n) is 5.51. The quantitative estimate of drug-likeness (QED) is 0.232. The Morgan fingerprint density at radius 2 is 1.79 bits per heavy atom. The fraction of sp³-hybridized carbons (Fsp3) is 0.281. The van der Waals surface area contributed by atoms with Crippen molar-refractivity contribution in [1.82, 2.24) is 24.5 Å². The minimum Gasteiger partial charge on any atom is -0.354 e. The Balaban J connectivity index is 1.20. The van der Waals surface area contributed by atoms with E-state index in [4.69, 9.17) is 16.6 Å². The van der Waals surface area contributed by atoms with Gasteiger partial charge in [0.1, 0.15) is 16.1 Å². The molecule has 1 saturated heterocycles. The number of sulfonamides is 1. The summed E-state index contributed by atoms with van der Waals surface area (Å²) >= 11 is 6.88. The van der Waals surface area contributed by atoms with Gasteiger partial charge in [-0.1, -0.05) is 42.0 Å². The molecule has 0 spiro atoms. The molecule has 1 amide bonds. The molecule has 0 aliphatic carbocycles. The van der Waals surface area contributed by atoms with Crippen molar-refractivity contribution in [2.75, 3.05) is 37.6 Å². The lowest BCUT2D eigenvalue weighted by Crippen LogP contribution is -2.46. The predicted molar refractivity (Wildman–Crippen MR) is 174 cm³/mol. The van der Waals surface area contributed by atoms with Crippen molar-refractivity contribution in [3.63, 3.8) is 0 Å². The Labute approximate surface area is 279 Å². The van der Waals surface area contributed by atoms with Crippen LogP contribution >= 0.6 is 22.9 Å². The average molecular weight is 703 g/mol. The highest BCUT2D eigenvalue weighted by Gasteiger charge is 2.37. The number of benzene rings is 1. The number of aromatic nitrogens is 2. The summed E-state index contributed by atoms with van der Waals surface area (Å²) in [7, 11) is -3.96. The van der Waals surface area contributed by atoms with Gasteiger partial charge in [-0.05, 0) is 53.6 Å². The largest absolute Gasteiger partial charge is 0.416 e. The number of nitrogens with zero attached hydrogens (tertiary/aromatic N) is 5. The summed E-state index contributed by atoms with van der Waals surface area (Å²) in [4.78, 5) is 26.8. The van der Waals surface area contributed by atoms with Crippen LogP contribution in [0.5, 0.6) is 0 Å². The van der Waals surface area contributed by atoms with Gasteiger partial charge in [0, 0.05) is 63.8 Å². The van der Waals surface area contributed by atoms with Gasteiger partial charge in [0.25, 0.3) is 10.0 Å². The second-order valence-electron chi connectivity index (χ2n) is 11.1. The number of amides is 1. The van der Waals surface area contributed by atoms with Crippen LogP contribution in [0.25, 0.3) is 11.3 Å². The molecular weight excluding hydrogens is 673 g/mol. The number of halogens is 4. The molecule has 47 heavy (non-hydrogen) atoms. The standard InChI is InChI=1S/C32H30ClF3N6O3S2/c33-28-9-10-30(46-28)47(44,45)42-12-2-4-27(42)31(43)38-20-23-17-26(24-5-7-25(8-6-24)32(34,35)36)39-29(18-23)41-15-13-40(14-16-41)21-22-3-1-11-37-19-22/h1-11,17-19,27H,12-16,20-21H2,(H,38,43)/t27-/m0/s1. The summed E-state index contributed by atoms with van der Waals surface area (Å²) in [5.41, 5.74) is 1.97. The van der Waals surface area contributed by atoms with Crippen LogP contribution in [0.2, 0.25) is 4.34 Å². The summed E-state index contributed by atoms with van der Waals surface area (Å²) < 4.78 is 67.7. The lowest BCUT2D eigenvalue weighted by molar-refractivity contribution is -0.137. The Bertz CT molecular complexity index is 1860. The first-order valence-electron chi connectivity index (χ1n) is 14.7. The maximum absolute atomic E-state index is 13.3. The van der Waals surface area contributed by atoms with E-state index < -0.39 is 33.7 Å². The zero-order valence-electron chi connectivity index (χ0n) is 24.9. The van der Waals surface area contributed by atoms with Crippen molar-refractivity contribution in [1.29, 1.82) is 0 Å². The molecule has 0 bridgehead atoms. The minimum atomic E-state index is -4.47. The number of piperazine rings is 1. The predicted octanol–water partition coefficient (Wildman–Crippen LogP) is 5.45. The molecule has 1 N–H and O–H groups in total. The minimum absolute atomic E-state index is 0.0418. The van der Waals surface area contributed by atoms with Crippen LogP contribution < -0.4 is 10.2 Å². The van der Waals surface area contributed by atoms with Crippen LogP contribution in [0.3, 0.4) is 0 Å². The number of anilines is 1. The van der Waals surface area contributed by atoms with Crippen LogP contribution in [-0.4, -0.2) is 72.3 Å². The molecule has 3 aromatic heterocycles. The maximum Gasteiger partial charge on any atom is 0.416 e. The molecule has 2 aliphatic heterocycles. The first kappa shape index (κ1) is 33.1. The Hall–Kier alpha value is -3.82. The molecule has 0 radical (unpaired) electrons.